The van der Waals surface area contributed by atoms with Crippen molar-refractivity contribution >= 4 is 54.9 Å². The molecule has 0 aliphatic carbocycles. The van der Waals surface area contributed by atoms with Gasteiger partial charge >= 0.3 is 0 Å². The normalized spacial score (nSPS) is 11.2. The lowest BCUT2D eigenvalue weighted by atomic mass is 10.0. The standard InChI is InChI=1S/C13H7Cl4OP/c14-9-3-1-7(5-11(9)16)13(19-18)8-2-4-10(15)12(17)6-8/h1-6,13H. The maximum atomic E-state index is 11.4. The molecule has 0 saturated heterocycles. The highest BCUT2D eigenvalue weighted by molar-refractivity contribution is 7.24. The Hall–Kier alpha value is -0.300. The van der Waals surface area contributed by atoms with Crippen LogP contribution in [-0.4, -0.2) is 0 Å². The van der Waals surface area contributed by atoms with Gasteiger partial charge in [-0.1, -0.05) is 58.5 Å². The second-order valence-corrected chi connectivity index (χ2v) is 6.21. The molecule has 0 spiro atoms. The summed E-state index contributed by atoms with van der Waals surface area (Å²) in [6, 6.07) is 10.3. The van der Waals surface area contributed by atoms with Gasteiger partial charge in [0.1, 0.15) is 0 Å². The van der Waals surface area contributed by atoms with Crippen molar-refractivity contribution in [2.75, 3.05) is 0 Å². The predicted octanol–water partition coefficient (Wildman–Crippen LogP) is 6.68. The van der Waals surface area contributed by atoms with E-state index < -0.39 is 0 Å². The summed E-state index contributed by atoms with van der Waals surface area (Å²) < 4.78 is 11.4. The maximum absolute atomic E-state index is 11.4. The molecule has 0 bridgehead atoms. The van der Waals surface area contributed by atoms with Crippen LogP contribution in [0.15, 0.2) is 36.4 Å². The molecular formula is C13H7Cl4OP. The minimum absolute atomic E-state index is 0.0558. The Morgan fingerprint density at radius 2 is 1.16 bits per heavy atom. The van der Waals surface area contributed by atoms with Crippen molar-refractivity contribution in [1.82, 2.24) is 0 Å². The fourth-order valence-corrected chi connectivity index (χ4v) is 2.86. The molecule has 0 unspecified atom stereocenters. The van der Waals surface area contributed by atoms with Crippen molar-refractivity contribution in [2.45, 2.75) is 5.66 Å². The Morgan fingerprint density at radius 3 is 1.47 bits per heavy atom. The summed E-state index contributed by atoms with van der Waals surface area (Å²) in [7, 11) is -0.0558. The third kappa shape index (κ3) is 3.42. The van der Waals surface area contributed by atoms with Crippen LogP contribution in [0.4, 0.5) is 0 Å². The van der Waals surface area contributed by atoms with Gasteiger partial charge in [0.25, 0.3) is 0 Å². The summed E-state index contributed by atoms with van der Waals surface area (Å²) in [5.74, 6) is 0. The van der Waals surface area contributed by atoms with Gasteiger partial charge in [-0.25, -0.2) is 0 Å². The van der Waals surface area contributed by atoms with Gasteiger partial charge in [-0.15, -0.1) is 0 Å². The monoisotopic (exact) mass is 350 g/mol. The lowest BCUT2D eigenvalue weighted by Crippen LogP contribution is -1.94. The van der Waals surface area contributed by atoms with E-state index in [4.69, 9.17) is 46.4 Å². The van der Waals surface area contributed by atoms with Crippen molar-refractivity contribution in [1.29, 1.82) is 0 Å². The van der Waals surface area contributed by atoms with Crippen LogP contribution in [-0.2, 0) is 4.57 Å². The first-order chi connectivity index (χ1) is 9.02. The van der Waals surface area contributed by atoms with E-state index in [1.165, 1.54) is 0 Å². The Balaban J connectivity index is 2.46. The van der Waals surface area contributed by atoms with E-state index in [0.29, 0.717) is 20.1 Å². The topological polar surface area (TPSA) is 17.1 Å². The average molecular weight is 352 g/mol. The van der Waals surface area contributed by atoms with E-state index in [1.807, 2.05) is 0 Å². The first kappa shape index (κ1) is 15.1. The van der Waals surface area contributed by atoms with Crippen LogP contribution in [0.3, 0.4) is 0 Å². The summed E-state index contributed by atoms with van der Waals surface area (Å²) in [6.45, 7) is 0. The molecule has 0 N–H and O–H groups in total. The highest BCUT2D eigenvalue weighted by atomic mass is 35.5. The lowest BCUT2D eigenvalue weighted by Gasteiger charge is -2.12. The van der Waals surface area contributed by atoms with Gasteiger partial charge in [-0.3, -0.25) is 4.57 Å². The van der Waals surface area contributed by atoms with Crippen LogP contribution in [0.2, 0.25) is 20.1 Å². The Morgan fingerprint density at radius 1 is 0.737 bits per heavy atom. The van der Waals surface area contributed by atoms with Crippen molar-refractivity contribution in [3.8, 4) is 0 Å². The molecule has 0 saturated carbocycles. The number of halogens is 4. The summed E-state index contributed by atoms with van der Waals surface area (Å²) in [5, 5.41) is 1.77. The van der Waals surface area contributed by atoms with Gasteiger partial charge in [-0.05, 0) is 35.4 Å². The smallest absolute Gasteiger partial charge is 0.168 e. The molecule has 2 aromatic carbocycles. The van der Waals surface area contributed by atoms with Crippen LogP contribution in [0.1, 0.15) is 16.8 Å². The maximum Gasteiger partial charge on any atom is 0.168 e. The molecule has 0 amide bonds. The number of hydrogen-bond acceptors (Lipinski definition) is 1. The largest absolute Gasteiger partial charge is 0.274 e. The van der Waals surface area contributed by atoms with Crippen LogP contribution in [0.5, 0.6) is 0 Å². The van der Waals surface area contributed by atoms with Gasteiger partial charge in [0.05, 0.1) is 25.7 Å². The minimum atomic E-state index is -0.357. The Labute approximate surface area is 132 Å². The highest BCUT2D eigenvalue weighted by Crippen LogP contribution is 2.38. The molecule has 6 heteroatoms. The minimum Gasteiger partial charge on any atom is -0.274 e. The van der Waals surface area contributed by atoms with Crippen LogP contribution < -0.4 is 0 Å². The second-order valence-electron chi connectivity index (χ2n) is 3.86. The zero-order chi connectivity index (χ0) is 14.0. The SMILES string of the molecule is O=PC(c1ccc(Cl)c(Cl)c1)c1ccc(Cl)c(Cl)c1. The molecule has 0 atom stereocenters. The number of rotatable bonds is 3. The summed E-state index contributed by atoms with van der Waals surface area (Å²) >= 11 is 23.7. The van der Waals surface area contributed by atoms with E-state index in [-0.39, 0.29) is 14.1 Å². The fraction of sp³-hybridized carbons (Fsp3) is 0.0769. The fourth-order valence-electron chi connectivity index (χ4n) is 1.68. The quantitative estimate of drug-likeness (QED) is 0.563. The molecule has 0 heterocycles. The molecule has 0 radical (unpaired) electrons. The van der Waals surface area contributed by atoms with E-state index in [2.05, 4.69) is 0 Å². The molecule has 2 aromatic rings. The van der Waals surface area contributed by atoms with Crippen molar-refractivity contribution in [3.63, 3.8) is 0 Å². The first-order valence-electron chi connectivity index (χ1n) is 5.25. The average Bonchev–Trinajstić information content (AvgIpc) is 2.39. The first-order valence-corrected chi connectivity index (χ1v) is 7.64. The van der Waals surface area contributed by atoms with Crippen LogP contribution in [0.25, 0.3) is 0 Å². The molecule has 0 aliphatic heterocycles. The number of hydrogen-bond donors (Lipinski definition) is 0. The Kier molecular flexibility index (Phi) is 5.11. The Bertz CT molecular complexity index is 579. The van der Waals surface area contributed by atoms with E-state index >= 15 is 0 Å². The summed E-state index contributed by atoms with van der Waals surface area (Å²) in [4.78, 5) is 0. The molecule has 0 aromatic heterocycles. The zero-order valence-electron chi connectivity index (χ0n) is 9.41. The third-order valence-corrected chi connectivity index (χ3v) is 4.91. The van der Waals surface area contributed by atoms with E-state index in [1.54, 1.807) is 36.4 Å². The van der Waals surface area contributed by atoms with Gasteiger partial charge in [0, 0.05) is 0 Å². The van der Waals surface area contributed by atoms with Gasteiger partial charge in [0.15, 0.2) is 8.46 Å². The summed E-state index contributed by atoms with van der Waals surface area (Å²) in [6.07, 6.45) is 0. The van der Waals surface area contributed by atoms with Crippen molar-refractivity contribution in [2.24, 2.45) is 0 Å². The summed E-state index contributed by atoms with van der Waals surface area (Å²) in [5.41, 5.74) is 1.23. The molecular weight excluding hydrogens is 345 g/mol. The van der Waals surface area contributed by atoms with Gasteiger partial charge < -0.3 is 0 Å². The third-order valence-electron chi connectivity index (χ3n) is 2.62. The van der Waals surface area contributed by atoms with Gasteiger partial charge in [-0.2, -0.15) is 0 Å². The zero-order valence-corrected chi connectivity index (χ0v) is 13.3. The number of benzene rings is 2. The highest BCUT2D eigenvalue weighted by Gasteiger charge is 2.16. The van der Waals surface area contributed by atoms with Crippen molar-refractivity contribution in [3.05, 3.63) is 67.6 Å². The van der Waals surface area contributed by atoms with Gasteiger partial charge in [0.2, 0.25) is 0 Å². The molecule has 19 heavy (non-hydrogen) atoms. The van der Waals surface area contributed by atoms with E-state index in [9.17, 15) is 4.57 Å². The van der Waals surface area contributed by atoms with Crippen LogP contribution >= 0.6 is 54.9 Å². The lowest BCUT2D eigenvalue weighted by molar-refractivity contribution is 0.595. The van der Waals surface area contributed by atoms with E-state index in [0.717, 1.165) is 11.1 Å². The van der Waals surface area contributed by atoms with Crippen LogP contribution in [0, 0.1) is 0 Å². The molecule has 0 aliphatic rings. The molecule has 1 nitrogen and oxygen atoms in total. The molecule has 2 rings (SSSR count). The second kappa shape index (κ2) is 6.43. The molecule has 98 valence electrons. The predicted molar refractivity (Wildman–Crippen MR) is 82.4 cm³/mol. The molecule has 0 fully saturated rings. The van der Waals surface area contributed by atoms with Crippen molar-refractivity contribution < 1.29 is 4.57 Å².